The molecule has 0 aliphatic carbocycles. The van der Waals surface area contributed by atoms with Crippen molar-refractivity contribution in [1.82, 2.24) is 10.3 Å². The summed E-state index contributed by atoms with van der Waals surface area (Å²) in [6.45, 7) is 1.83. The normalized spacial score (nSPS) is 27.1. The van der Waals surface area contributed by atoms with Crippen molar-refractivity contribution in [3.8, 4) is 5.75 Å². The molecule has 1 saturated heterocycles. The van der Waals surface area contributed by atoms with Gasteiger partial charge in [0.15, 0.2) is 5.75 Å². The molecule has 1 fully saturated rings. The number of rotatable bonds is 1. The Morgan fingerprint density at radius 1 is 1.40 bits per heavy atom. The lowest BCUT2D eigenvalue weighted by Gasteiger charge is -2.40. The Hall–Kier alpha value is -2.28. The third-order valence-corrected chi connectivity index (χ3v) is 4.98. The number of fused-ring (bicyclic) bond motifs is 3. The number of pyridine rings is 1. The van der Waals surface area contributed by atoms with E-state index in [9.17, 15) is 4.79 Å². The number of nitrogens with one attached hydrogen (secondary N) is 1. The highest BCUT2D eigenvalue weighted by Gasteiger charge is 2.56. The van der Waals surface area contributed by atoms with Crippen LogP contribution in [-0.4, -0.2) is 36.3 Å². The molecule has 2 aliphatic heterocycles. The van der Waals surface area contributed by atoms with Crippen LogP contribution in [0.25, 0.3) is 10.9 Å². The molecule has 0 radical (unpaired) electrons. The molecule has 25 heavy (non-hydrogen) atoms. The van der Waals surface area contributed by atoms with Crippen LogP contribution in [0.5, 0.6) is 5.75 Å². The van der Waals surface area contributed by atoms with E-state index >= 15 is 8.78 Å². The third kappa shape index (κ3) is 2.45. The van der Waals surface area contributed by atoms with Crippen LogP contribution in [0.3, 0.4) is 0 Å². The van der Waals surface area contributed by atoms with E-state index in [1.165, 1.54) is 7.11 Å². The molecule has 2 aromatic rings. The Labute approximate surface area is 143 Å². The smallest absolute Gasteiger partial charge is 0.323 e. The van der Waals surface area contributed by atoms with Crippen LogP contribution >= 0.6 is 0 Å². The maximum atomic E-state index is 15.2. The summed E-state index contributed by atoms with van der Waals surface area (Å²) < 4.78 is 41.1. The number of alkyl halides is 2. The van der Waals surface area contributed by atoms with Gasteiger partial charge < -0.3 is 14.8 Å². The second-order valence-electron chi connectivity index (χ2n) is 6.75. The minimum Gasteiger partial charge on any atom is -0.483 e. The van der Waals surface area contributed by atoms with Gasteiger partial charge in [-0.1, -0.05) is 18.2 Å². The van der Waals surface area contributed by atoms with Crippen LogP contribution in [-0.2, 0) is 15.5 Å². The summed E-state index contributed by atoms with van der Waals surface area (Å²) in [7, 11) is 1.28. The van der Waals surface area contributed by atoms with E-state index in [4.69, 9.17) is 9.47 Å². The zero-order chi connectivity index (χ0) is 17.8. The Morgan fingerprint density at radius 3 is 2.92 bits per heavy atom. The number of aryl methyl sites for hydroxylation is 1. The second kappa shape index (κ2) is 5.36. The van der Waals surface area contributed by atoms with Crippen molar-refractivity contribution < 1.29 is 23.0 Å². The van der Waals surface area contributed by atoms with Crippen LogP contribution in [0.15, 0.2) is 24.3 Å². The van der Waals surface area contributed by atoms with E-state index in [0.717, 1.165) is 0 Å². The Bertz CT molecular complexity index is 871. The van der Waals surface area contributed by atoms with Gasteiger partial charge in [-0.25, -0.2) is 13.8 Å². The van der Waals surface area contributed by atoms with Gasteiger partial charge >= 0.3 is 5.97 Å². The van der Waals surface area contributed by atoms with Crippen molar-refractivity contribution >= 4 is 16.9 Å². The number of hydrogen-bond donors (Lipinski definition) is 1. The number of halogens is 2. The molecule has 4 rings (SSSR count). The summed E-state index contributed by atoms with van der Waals surface area (Å²) in [6.07, 6.45) is -0.345. The zero-order valence-electron chi connectivity index (χ0n) is 13.9. The van der Waals surface area contributed by atoms with Crippen molar-refractivity contribution in [3.05, 3.63) is 35.5 Å². The van der Waals surface area contributed by atoms with Gasteiger partial charge in [0.25, 0.3) is 5.92 Å². The minimum atomic E-state index is -3.08. The molecule has 3 heterocycles. The predicted molar refractivity (Wildman–Crippen MR) is 86.8 cm³/mol. The zero-order valence-corrected chi connectivity index (χ0v) is 13.9. The van der Waals surface area contributed by atoms with Crippen molar-refractivity contribution in [2.45, 2.75) is 37.3 Å². The highest BCUT2D eigenvalue weighted by Crippen LogP contribution is 2.52. The van der Waals surface area contributed by atoms with Gasteiger partial charge in [-0.3, -0.25) is 4.79 Å². The van der Waals surface area contributed by atoms with Gasteiger partial charge in [0.05, 0.1) is 30.3 Å². The Kier molecular flexibility index (Phi) is 3.47. The van der Waals surface area contributed by atoms with Gasteiger partial charge in [-0.2, -0.15) is 0 Å². The first kappa shape index (κ1) is 16.2. The van der Waals surface area contributed by atoms with Gasteiger partial charge in [0.2, 0.25) is 0 Å². The summed E-state index contributed by atoms with van der Waals surface area (Å²) in [5, 5.41) is 3.34. The summed E-state index contributed by atoms with van der Waals surface area (Å²) in [4.78, 5) is 16.2. The predicted octanol–water partition coefficient (Wildman–Crippen LogP) is 2.69. The SMILES string of the molecule is COC(=O)C1CC2(CN1)CC(F)(F)c1c(c(C)nc3ccccc13)O2. The van der Waals surface area contributed by atoms with Crippen molar-refractivity contribution in [2.75, 3.05) is 13.7 Å². The quantitative estimate of drug-likeness (QED) is 0.803. The largest absolute Gasteiger partial charge is 0.483 e. The first-order valence-corrected chi connectivity index (χ1v) is 8.13. The Morgan fingerprint density at radius 2 is 2.16 bits per heavy atom. The molecule has 2 unspecified atom stereocenters. The second-order valence-corrected chi connectivity index (χ2v) is 6.75. The first-order chi connectivity index (χ1) is 11.9. The number of para-hydroxylation sites is 1. The standard InChI is InChI=1S/C18H18F2N2O3/c1-10-15-14(11-5-3-4-6-12(11)22-10)18(19,20)8-17(25-15)7-13(21-9-17)16(23)24-2/h3-6,13,21H,7-9H2,1-2H3. The number of benzene rings is 1. The van der Waals surface area contributed by atoms with Gasteiger partial charge in [-0.05, 0) is 13.0 Å². The van der Waals surface area contributed by atoms with Gasteiger partial charge in [-0.15, -0.1) is 0 Å². The summed E-state index contributed by atoms with van der Waals surface area (Å²) in [5.41, 5.74) is -0.309. The number of methoxy groups -OCH3 is 1. The number of esters is 1. The lowest BCUT2D eigenvalue weighted by molar-refractivity contribution is -0.143. The summed E-state index contributed by atoms with van der Waals surface area (Å²) in [6, 6.07) is 6.20. The number of carbonyl (C=O) groups excluding carboxylic acids is 1. The molecule has 2 aliphatic rings. The Balaban J connectivity index is 1.82. The highest BCUT2D eigenvalue weighted by molar-refractivity contribution is 5.86. The van der Waals surface area contributed by atoms with E-state index in [2.05, 4.69) is 10.3 Å². The van der Waals surface area contributed by atoms with Crippen molar-refractivity contribution in [2.24, 2.45) is 0 Å². The molecular formula is C18H18F2N2O3. The average molecular weight is 348 g/mol. The molecule has 1 aromatic heterocycles. The highest BCUT2D eigenvalue weighted by atomic mass is 19.3. The van der Waals surface area contributed by atoms with Gasteiger partial charge in [0.1, 0.15) is 11.6 Å². The number of carbonyl (C=O) groups is 1. The fourth-order valence-electron chi connectivity index (χ4n) is 3.90. The molecule has 1 N–H and O–H groups in total. The van der Waals surface area contributed by atoms with Crippen LogP contribution in [0, 0.1) is 6.92 Å². The summed E-state index contributed by atoms with van der Waals surface area (Å²) in [5.74, 6) is -3.42. The van der Waals surface area contributed by atoms with E-state index in [1.54, 1.807) is 31.2 Å². The maximum absolute atomic E-state index is 15.2. The van der Waals surface area contributed by atoms with Gasteiger partial charge in [0, 0.05) is 18.4 Å². The molecule has 2 atom stereocenters. The monoisotopic (exact) mass is 348 g/mol. The fraction of sp³-hybridized carbons (Fsp3) is 0.444. The minimum absolute atomic E-state index is 0.109. The van der Waals surface area contributed by atoms with E-state index in [0.29, 0.717) is 16.6 Å². The van der Waals surface area contributed by atoms with E-state index in [-0.39, 0.29) is 24.3 Å². The molecular weight excluding hydrogens is 330 g/mol. The number of aromatic nitrogens is 1. The molecule has 0 amide bonds. The topological polar surface area (TPSA) is 60.5 Å². The summed E-state index contributed by atoms with van der Waals surface area (Å²) >= 11 is 0. The van der Waals surface area contributed by atoms with E-state index in [1.807, 2.05) is 0 Å². The molecule has 0 bridgehead atoms. The first-order valence-electron chi connectivity index (χ1n) is 8.13. The molecule has 5 nitrogen and oxygen atoms in total. The number of nitrogens with zero attached hydrogens (tertiary/aromatic N) is 1. The molecule has 1 aromatic carbocycles. The van der Waals surface area contributed by atoms with Crippen molar-refractivity contribution in [1.29, 1.82) is 0 Å². The fourth-order valence-corrected chi connectivity index (χ4v) is 3.90. The molecule has 132 valence electrons. The van der Waals surface area contributed by atoms with Crippen LogP contribution in [0.4, 0.5) is 8.78 Å². The lowest BCUT2D eigenvalue weighted by atomic mass is 9.84. The van der Waals surface area contributed by atoms with E-state index < -0.39 is 30.0 Å². The molecule has 1 spiro atoms. The maximum Gasteiger partial charge on any atom is 0.323 e. The van der Waals surface area contributed by atoms with Crippen LogP contribution in [0.2, 0.25) is 0 Å². The third-order valence-electron chi connectivity index (χ3n) is 4.98. The van der Waals surface area contributed by atoms with Crippen LogP contribution in [0.1, 0.15) is 24.1 Å². The lowest BCUT2D eigenvalue weighted by Crippen LogP contribution is -2.47. The number of ether oxygens (including phenoxy) is 2. The molecule has 0 saturated carbocycles. The molecule has 7 heteroatoms. The number of hydrogen-bond acceptors (Lipinski definition) is 5. The van der Waals surface area contributed by atoms with Crippen molar-refractivity contribution in [3.63, 3.8) is 0 Å². The average Bonchev–Trinajstić information content (AvgIpc) is 2.96. The van der Waals surface area contributed by atoms with Crippen LogP contribution < -0.4 is 10.1 Å².